The van der Waals surface area contributed by atoms with Gasteiger partial charge in [-0.05, 0) is 32.4 Å². The lowest BCUT2D eigenvalue weighted by Gasteiger charge is -2.23. The molecule has 1 unspecified atom stereocenters. The molecule has 110 valence electrons. The molecular formula is C15H21NO4. The first-order valence-corrected chi connectivity index (χ1v) is 7.01. The first-order valence-electron chi connectivity index (χ1n) is 7.01. The number of hydrogen-bond acceptors (Lipinski definition) is 4. The fourth-order valence-corrected chi connectivity index (χ4v) is 2.72. The lowest BCUT2D eigenvalue weighted by Crippen LogP contribution is -2.30. The molecule has 5 nitrogen and oxygen atoms in total. The third-order valence-electron chi connectivity index (χ3n) is 3.67. The van der Waals surface area contributed by atoms with Crippen LogP contribution in [-0.4, -0.2) is 40.3 Å². The number of benzene rings is 1. The van der Waals surface area contributed by atoms with E-state index in [9.17, 15) is 9.90 Å². The summed E-state index contributed by atoms with van der Waals surface area (Å²) >= 11 is 0. The van der Waals surface area contributed by atoms with E-state index in [2.05, 4.69) is 4.90 Å². The Balaban J connectivity index is 2.09. The molecule has 1 atom stereocenters. The maximum absolute atomic E-state index is 10.9. The van der Waals surface area contributed by atoms with Crippen LogP contribution in [0, 0.1) is 0 Å². The largest absolute Gasteiger partial charge is 0.504 e. The molecule has 0 saturated carbocycles. The SMILES string of the molecule is CCOc1cccc(CN2CCCC2CC(=O)O)c1O. The normalized spacial score (nSPS) is 19.1. The zero-order valence-electron chi connectivity index (χ0n) is 11.7. The van der Waals surface area contributed by atoms with Crippen LogP contribution in [0.2, 0.25) is 0 Å². The highest BCUT2D eigenvalue weighted by atomic mass is 16.5. The van der Waals surface area contributed by atoms with Gasteiger partial charge in [-0.15, -0.1) is 0 Å². The molecule has 1 heterocycles. The van der Waals surface area contributed by atoms with Crippen LogP contribution in [0.3, 0.4) is 0 Å². The summed E-state index contributed by atoms with van der Waals surface area (Å²) in [5.41, 5.74) is 0.785. The molecule has 0 bridgehead atoms. The Kier molecular flexibility index (Phi) is 4.84. The minimum absolute atomic E-state index is 0.0580. The molecular weight excluding hydrogens is 258 g/mol. The van der Waals surface area contributed by atoms with Gasteiger partial charge in [0.05, 0.1) is 13.0 Å². The van der Waals surface area contributed by atoms with Crippen LogP contribution >= 0.6 is 0 Å². The quantitative estimate of drug-likeness (QED) is 0.835. The minimum Gasteiger partial charge on any atom is -0.504 e. The van der Waals surface area contributed by atoms with E-state index < -0.39 is 5.97 Å². The van der Waals surface area contributed by atoms with Gasteiger partial charge >= 0.3 is 5.97 Å². The van der Waals surface area contributed by atoms with E-state index in [-0.39, 0.29) is 18.2 Å². The van der Waals surface area contributed by atoms with E-state index in [0.717, 1.165) is 24.9 Å². The van der Waals surface area contributed by atoms with Crippen LogP contribution in [-0.2, 0) is 11.3 Å². The summed E-state index contributed by atoms with van der Waals surface area (Å²) in [4.78, 5) is 13.0. The number of rotatable bonds is 6. The molecule has 0 aromatic heterocycles. The molecule has 20 heavy (non-hydrogen) atoms. The van der Waals surface area contributed by atoms with Crippen molar-refractivity contribution in [2.45, 2.75) is 38.8 Å². The second-order valence-corrected chi connectivity index (χ2v) is 5.06. The highest BCUT2D eigenvalue weighted by Gasteiger charge is 2.27. The number of carboxylic acids is 1. The van der Waals surface area contributed by atoms with Crippen molar-refractivity contribution in [1.29, 1.82) is 0 Å². The second-order valence-electron chi connectivity index (χ2n) is 5.06. The smallest absolute Gasteiger partial charge is 0.304 e. The molecule has 1 fully saturated rings. The van der Waals surface area contributed by atoms with Crippen LogP contribution in [0.1, 0.15) is 31.7 Å². The van der Waals surface area contributed by atoms with E-state index in [4.69, 9.17) is 9.84 Å². The number of aromatic hydroxyl groups is 1. The number of para-hydroxylation sites is 1. The van der Waals surface area contributed by atoms with Crippen molar-refractivity contribution in [2.24, 2.45) is 0 Å². The zero-order chi connectivity index (χ0) is 14.5. The Morgan fingerprint density at radius 1 is 1.50 bits per heavy atom. The van der Waals surface area contributed by atoms with Gasteiger partial charge in [-0.1, -0.05) is 12.1 Å². The van der Waals surface area contributed by atoms with Gasteiger partial charge in [0, 0.05) is 18.2 Å². The van der Waals surface area contributed by atoms with Crippen LogP contribution < -0.4 is 4.74 Å². The van der Waals surface area contributed by atoms with Crippen LogP contribution in [0.15, 0.2) is 18.2 Å². The van der Waals surface area contributed by atoms with E-state index in [1.54, 1.807) is 6.07 Å². The fraction of sp³-hybridized carbons (Fsp3) is 0.533. The molecule has 2 N–H and O–H groups in total. The predicted molar refractivity (Wildman–Crippen MR) is 75.0 cm³/mol. The van der Waals surface area contributed by atoms with Crippen molar-refractivity contribution in [3.8, 4) is 11.5 Å². The second kappa shape index (κ2) is 6.61. The molecule has 1 aliphatic rings. The number of hydrogen-bond donors (Lipinski definition) is 2. The lowest BCUT2D eigenvalue weighted by atomic mass is 10.1. The fourth-order valence-electron chi connectivity index (χ4n) is 2.72. The average Bonchev–Trinajstić information content (AvgIpc) is 2.81. The Morgan fingerprint density at radius 3 is 3.00 bits per heavy atom. The number of nitrogens with zero attached hydrogens (tertiary/aromatic N) is 1. The Bertz CT molecular complexity index is 475. The van der Waals surface area contributed by atoms with Gasteiger partial charge in [0.2, 0.25) is 0 Å². The number of carbonyl (C=O) groups is 1. The van der Waals surface area contributed by atoms with Gasteiger partial charge in [0.15, 0.2) is 11.5 Å². The molecule has 0 spiro atoms. The molecule has 2 rings (SSSR count). The van der Waals surface area contributed by atoms with Crippen molar-refractivity contribution >= 4 is 5.97 Å². The summed E-state index contributed by atoms with van der Waals surface area (Å²) in [6.45, 7) is 3.80. The molecule has 0 radical (unpaired) electrons. The number of ether oxygens (including phenoxy) is 1. The average molecular weight is 279 g/mol. The number of aliphatic carboxylic acids is 1. The van der Waals surface area contributed by atoms with Crippen molar-refractivity contribution < 1.29 is 19.7 Å². The van der Waals surface area contributed by atoms with Gasteiger partial charge in [0.25, 0.3) is 0 Å². The standard InChI is InChI=1S/C15H21NO4/c1-2-20-13-7-3-5-11(15(13)19)10-16-8-4-6-12(16)9-14(17)18/h3,5,7,12,19H,2,4,6,8-10H2,1H3,(H,17,18). The monoisotopic (exact) mass is 279 g/mol. The lowest BCUT2D eigenvalue weighted by molar-refractivity contribution is -0.138. The van der Waals surface area contributed by atoms with Crippen molar-refractivity contribution in [3.05, 3.63) is 23.8 Å². The molecule has 1 aromatic carbocycles. The molecule has 5 heteroatoms. The molecule has 0 aliphatic carbocycles. The number of carboxylic acid groups (broad SMARTS) is 1. The van der Waals surface area contributed by atoms with Gasteiger partial charge in [-0.3, -0.25) is 9.69 Å². The Labute approximate surface area is 118 Å². The van der Waals surface area contributed by atoms with E-state index in [0.29, 0.717) is 18.9 Å². The van der Waals surface area contributed by atoms with E-state index >= 15 is 0 Å². The van der Waals surface area contributed by atoms with Crippen LogP contribution in [0.4, 0.5) is 0 Å². The van der Waals surface area contributed by atoms with Gasteiger partial charge in [0.1, 0.15) is 0 Å². The maximum atomic E-state index is 10.9. The maximum Gasteiger partial charge on any atom is 0.304 e. The molecule has 1 aromatic rings. The summed E-state index contributed by atoms with van der Waals surface area (Å²) < 4.78 is 5.37. The van der Waals surface area contributed by atoms with Crippen LogP contribution in [0.25, 0.3) is 0 Å². The van der Waals surface area contributed by atoms with Gasteiger partial charge < -0.3 is 14.9 Å². The zero-order valence-corrected chi connectivity index (χ0v) is 11.7. The highest BCUT2D eigenvalue weighted by molar-refractivity contribution is 5.67. The van der Waals surface area contributed by atoms with Gasteiger partial charge in [-0.25, -0.2) is 0 Å². The topological polar surface area (TPSA) is 70.0 Å². The summed E-state index contributed by atoms with van der Waals surface area (Å²) in [5, 5.41) is 19.1. The van der Waals surface area contributed by atoms with Crippen molar-refractivity contribution in [1.82, 2.24) is 4.90 Å². The Hall–Kier alpha value is -1.75. The van der Waals surface area contributed by atoms with Crippen molar-refractivity contribution in [3.63, 3.8) is 0 Å². The summed E-state index contributed by atoms with van der Waals surface area (Å²) in [6, 6.07) is 5.50. The predicted octanol–water partition coefficient (Wildman–Crippen LogP) is 2.23. The third kappa shape index (κ3) is 3.42. The summed E-state index contributed by atoms with van der Waals surface area (Å²) in [6.07, 6.45) is 2.06. The number of phenolic OH excluding ortho intramolecular Hbond substituents is 1. The first kappa shape index (κ1) is 14.7. The van der Waals surface area contributed by atoms with Crippen LogP contribution in [0.5, 0.6) is 11.5 Å². The number of likely N-dealkylation sites (tertiary alicyclic amines) is 1. The molecule has 0 amide bonds. The highest BCUT2D eigenvalue weighted by Crippen LogP contribution is 2.32. The first-order chi connectivity index (χ1) is 9.61. The Morgan fingerprint density at radius 2 is 2.30 bits per heavy atom. The minimum atomic E-state index is -0.769. The molecule has 1 aliphatic heterocycles. The van der Waals surface area contributed by atoms with E-state index in [1.165, 1.54) is 0 Å². The number of phenols is 1. The van der Waals surface area contributed by atoms with Crippen molar-refractivity contribution in [2.75, 3.05) is 13.2 Å². The summed E-state index contributed by atoms with van der Waals surface area (Å²) in [5.74, 6) is -0.122. The molecule has 1 saturated heterocycles. The van der Waals surface area contributed by atoms with E-state index in [1.807, 2.05) is 19.1 Å². The van der Waals surface area contributed by atoms with Gasteiger partial charge in [-0.2, -0.15) is 0 Å². The summed E-state index contributed by atoms with van der Waals surface area (Å²) in [7, 11) is 0. The third-order valence-corrected chi connectivity index (χ3v) is 3.67.